The molecule has 0 spiro atoms. The van der Waals surface area contributed by atoms with E-state index in [1.165, 1.54) is 0 Å². The number of rotatable bonds is 7. The molecule has 1 atom stereocenters. The van der Waals surface area contributed by atoms with Crippen LogP contribution in [0.1, 0.15) is 51.6 Å². The molecule has 3 N–H and O–H groups in total. The van der Waals surface area contributed by atoms with Gasteiger partial charge in [0.15, 0.2) is 0 Å². The summed E-state index contributed by atoms with van der Waals surface area (Å²) in [5, 5.41) is 14.6. The van der Waals surface area contributed by atoms with Crippen LogP contribution in [0.5, 0.6) is 0 Å². The van der Waals surface area contributed by atoms with Crippen LogP contribution in [-0.4, -0.2) is 22.6 Å². The molecule has 0 saturated carbocycles. The van der Waals surface area contributed by atoms with Crippen LogP contribution >= 0.6 is 0 Å². The average molecular weight is 292 g/mol. The monoisotopic (exact) mass is 292 g/mol. The van der Waals surface area contributed by atoms with Gasteiger partial charge in [-0.15, -0.1) is 0 Å². The second-order valence-electron chi connectivity index (χ2n) is 5.73. The predicted molar refractivity (Wildman–Crippen MR) is 82.1 cm³/mol. The number of carbonyl (C=O) groups excluding carboxylic acids is 1. The largest absolute Gasteiger partial charge is 0.481 e. The Kier molecular flexibility index (Phi) is 6.21. The highest BCUT2D eigenvalue weighted by Gasteiger charge is 2.21. The van der Waals surface area contributed by atoms with Gasteiger partial charge >= 0.3 is 12.0 Å². The molecule has 116 valence electrons. The fourth-order valence-electron chi connectivity index (χ4n) is 1.87. The van der Waals surface area contributed by atoms with Gasteiger partial charge in [-0.3, -0.25) is 4.79 Å². The molecule has 21 heavy (non-hydrogen) atoms. The number of hydrogen-bond donors (Lipinski definition) is 3. The summed E-state index contributed by atoms with van der Waals surface area (Å²) in [6.45, 7) is 5.89. The smallest absolute Gasteiger partial charge is 0.315 e. The maximum absolute atomic E-state index is 12.1. The Bertz CT molecular complexity index is 472. The highest BCUT2D eigenvalue weighted by molar-refractivity contribution is 5.75. The number of carboxylic acids is 1. The molecule has 0 heterocycles. The van der Waals surface area contributed by atoms with Gasteiger partial charge in [0.25, 0.3) is 0 Å². The van der Waals surface area contributed by atoms with Crippen LogP contribution in [0.4, 0.5) is 4.79 Å². The first-order valence-electron chi connectivity index (χ1n) is 7.19. The lowest BCUT2D eigenvalue weighted by molar-refractivity contribution is -0.137. The number of amides is 2. The van der Waals surface area contributed by atoms with E-state index < -0.39 is 5.97 Å². The summed E-state index contributed by atoms with van der Waals surface area (Å²) in [7, 11) is 0. The maximum Gasteiger partial charge on any atom is 0.315 e. The molecule has 0 aliphatic carbocycles. The first-order valence-corrected chi connectivity index (χ1v) is 7.19. The van der Waals surface area contributed by atoms with E-state index in [9.17, 15) is 9.59 Å². The van der Waals surface area contributed by atoms with Gasteiger partial charge in [-0.25, -0.2) is 4.79 Å². The minimum Gasteiger partial charge on any atom is -0.481 e. The third-order valence-corrected chi connectivity index (χ3v) is 3.49. The molecule has 5 heteroatoms. The highest BCUT2D eigenvalue weighted by atomic mass is 16.4. The lowest BCUT2D eigenvalue weighted by Gasteiger charge is -2.27. The van der Waals surface area contributed by atoms with Crippen molar-refractivity contribution in [2.24, 2.45) is 0 Å². The van der Waals surface area contributed by atoms with E-state index in [4.69, 9.17) is 5.11 Å². The van der Waals surface area contributed by atoms with Crippen molar-refractivity contribution in [3.63, 3.8) is 0 Å². The van der Waals surface area contributed by atoms with Gasteiger partial charge in [0.2, 0.25) is 0 Å². The van der Waals surface area contributed by atoms with E-state index in [1.54, 1.807) is 0 Å². The molecule has 1 rings (SSSR count). The molecular weight excluding hydrogens is 268 g/mol. The molecule has 1 unspecified atom stereocenters. The van der Waals surface area contributed by atoms with Crippen molar-refractivity contribution in [1.82, 2.24) is 10.6 Å². The number of hydrogen-bond acceptors (Lipinski definition) is 2. The topological polar surface area (TPSA) is 78.4 Å². The third-order valence-electron chi connectivity index (χ3n) is 3.49. The molecule has 5 nitrogen and oxygen atoms in total. The molecule has 0 aromatic heterocycles. The molecule has 0 aliphatic heterocycles. The second kappa shape index (κ2) is 7.67. The fraction of sp³-hybridized carbons (Fsp3) is 0.500. The molecule has 0 radical (unpaired) electrons. The van der Waals surface area contributed by atoms with Gasteiger partial charge < -0.3 is 15.7 Å². The van der Waals surface area contributed by atoms with Crippen LogP contribution in [0.3, 0.4) is 0 Å². The quantitative estimate of drug-likeness (QED) is 0.722. The van der Waals surface area contributed by atoms with Gasteiger partial charge in [0.1, 0.15) is 0 Å². The van der Waals surface area contributed by atoms with E-state index in [0.29, 0.717) is 6.42 Å². The van der Waals surface area contributed by atoms with Crippen molar-refractivity contribution in [2.45, 2.75) is 51.6 Å². The molecular formula is C16H24N2O3. The zero-order valence-electron chi connectivity index (χ0n) is 12.8. The van der Waals surface area contributed by atoms with E-state index in [2.05, 4.69) is 10.6 Å². The zero-order valence-corrected chi connectivity index (χ0v) is 12.8. The molecule has 0 saturated heterocycles. The van der Waals surface area contributed by atoms with Crippen LogP contribution < -0.4 is 10.6 Å². The van der Waals surface area contributed by atoms with Gasteiger partial charge in [0.05, 0.1) is 6.04 Å². The Hall–Kier alpha value is -2.04. The minimum atomic E-state index is -0.868. The van der Waals surface area contributed by atoms with Crippen molar-refractivity contribution >= 4 is 12.0 Å². The Morgan fingerprint density at radius 3 is 2.38 bits per heavy atom. The number of carbonyl (C=O) groups is 2. The average Bonchev–Trinajstić information content (AvgIpc) is 2.43. The summed E-state index contributed by atoms with van der Waals surface area (Å²) >= 11 is 0. The number of benzene rings is 1. The summed E-state index contributed by atoms with van der Waals surface area (Å²) in [5.74, 6) is -0.868. The molecule has 1 aromatic carbocycles. The Morgan fingerprint density at radius 2 is 1.86 bits per heavy atom. The number of urea groups is 1. The van der Waals surface area contributed by atoms with Crippen LogP contribution in [-0.2, 0) is 4.79 Å². The number of aliphatic carboxylic acids is 1. The summed E-state index contributed by atoms with van der Waals surface area (Å²) in [6, 6.07) is 8.82. The number of carboxylic acid groups (broad SMARTS) is 1. The fourth-order valence-corrected chi connectivity index (χ4v) is 1.87. The lowest BCUT2D eigenvalue weighted by atomic mass is 10.0. The Balaban J connectivity index is 2.73. The van der Waals surface area contributed by atoms with Gasteiger partial charge in [-0.05, 0) is 32.3 Å². The molecule has 1 aromatic rings. The zero-order chi connectivity index (χ0) is 15.9. The molecule has 2 amide bonds. The molecule has 0 aliphatic rings. The first-order chi connectivity index (χ1) is 9.84. The second-order valence-corrected chi connectivity index (χ2v) is 5.73. The van der Waals surface area contributed by atoms with E-state index in [1.807, 2.05) is 51.1 Å². The molecule has 0 fully saturated rings. The van der Waals surface area contributed by atoms with Crippen LogP contribution in [0.15, 0.2) is 30.3 Å². The van der Waals surface area contributed by atoms with Crippen molar-refractivity contribution in [3.05, 3.63) is 35.9 Å². The van der Waals surface area contributed by atoms with Crippen molar-refractivity contribution in [2.75, 3.05) is 0 Å². The van der Waals surface area contributed by atoms with Crippen LogP contribution in [0, 0.1) is 0 Å². The SMILES string of the molecule is CCC(C)(C)NC(=O)NC(CCC(=O)O)c1ccccc1. The van der Waals surface area contributed by atoms with Gasteiger partial charge in [0, 0.05) is 12.0 Å². The summed E-state index contributed by atoms with van der Waals surface area (Å²) in [6.07, 6.45) is 1.18. The van der Waals surface area contributed by atoms with E-state index in [0.717, 1.165) is 12.0 Å². The van der Waals surface area contributed by atoms with Crippen molar-refractivity contribution < 1.29 is 14.7 Å². The first kappa shape index (κ1) is 17.0. The maximum atomic E-state index is 12.1. The van der Waals surface area contributed by atoms with Gasteiger partial charge in [-0.2, -0.15) is 0 Å². The van der Waals surface area contributed by atoms with E-state index in [-0.39, 0.29) is 24.0 Å². The number of nitrogens with one attached hydrogen (secondary N) is 2. The van der Waals surface area contributed by atoms with Crippen LogP contribution in [0.2, 0.25) is 0 Å². The third kappa shape index (κ3) is 6.29. The lowest BCUT2D eigenvalue weighted by Crippen LogP contribution is -2.48. The van der Waals surface area contributed by atoms with Crippen LogP contribution in [0.25, 0.3) is 0 Å². The summed E-state index contributed by atoms with van der Waals surface area (Å²) in [4.78, 5) is 22.8. The van der Waals surface area contributed by atoms with Crippen molar-refractivity contribution in [1.29, 1.82) is 0 Å². The normalized spacial score (nSPS) is 12.5. The van der Waals surface area contributed by atoms with Gasteiger partial charge in [-0.1, -0.05) is 37.3 Å². The summed E-state index contributed by atoms with van der Waals surface area (Å²) < 4.78 is 0. The minimum absolute atomic E-state index is 0.0109. The van der Waals surface area contributed by atoms with Crippen molar-refractivity contribution in [3.8, 4) is 0 Å². The Labute approximate surface area is 125 Å². The molecule has 0 bridgehead atoms. The predicted octanol–water partition coefficient (Wildman–Crippen LogP) is 3.08. The summed E-state index contributed by atoms with van der Waals surface area (Å²) in [5.41, 5.74) is 0.612. The van der Waals surface area contributed by atoms with E-state index >= 15 is 0 Å². The highest BCUT2D eigenvalue weighted by Crippen LogP contribution is 2.18. The Morgan fingerprint density at radius 1 is 1.24 bits per heavy atom. The standard InChI is InChI=1S/C16H24N2O3/c1-4-16(2,3)18-15(21)17-13(10-11-14(19)20)12-8-6-5-7-9-12/h5-9,13H,4,10-11H2,1-3H3,(H,19,20)(H2,17,18,21).